The number of hydrogen-bond acceptors (Lipinski definition) is 2. The highest BCUT2D eigenvalue weighted by molar-refractivity contribution is 14.0. The summed E-state index contributed by atoms with van der Waals surface area (Å²) in [6, 6.07) is 7.66. The third-order valence-electron chi connectivity index (χ3n) is 3.90. The molecule has 7 heteroatoms. The Morgan fingerprint density at radius 1 is 1.29 bits per heavy atom. The zero-order valence-corrected chi connectivity index (χ0v) is 16.3. The van der Waals surface area contributed by atoms with Gasteiger partial charge in [0.2, 0.25) is 0 Å². The molecule has 1 aromatic carbocycles. The third-order valence-corrected chi connectivity index (χ3v) is 3.90. The Morgan fingerprint density at radius 2 is 2.04 bits per heavy atom. The lowest BCUT2D eigenvalue weighted by Gasteiger charge is -2.24. The normalized spacial score (nSPS) is 15.8. The van der Waals surface area contributed by atoms with Gasteiger partial charge in [0.25, 0.3) is 6.43 Å². The molecule has 1 aliphatic carbocycles. The second kappa shape index (κ2) is 11.4. The maximum Gasteiger partial charge on any atom is 0.272 e. The largest absolute Gasteiger partial charge is 0.488 e. The monoisotopic (exact) mass is 453 g/mol. The van der Waals surface area contributed by atoms with Gasteiger partial charge < -0.3 is 15.4 Å². The van der Waals surface area contributed by atoms with Gasteiger partial charge in [-0.15, -0.1) is 24.0 Å². The molecule has 0 saturated heterocycles. The second-order valence-corrected chi connectivity index (χ2v) is 5.75. The van der Waals surface area contributed by atoms with Crippen LogP contribution in [0.1, 0.15) is 37.7 Å². The Hall–Kier alpha value is -1.12. The number of rotatable bonds is 6. The summed E-state index contributed by atoms with van der Waals surface area (Å²) >= 11 is 0. The molecular weight excluding hydrogens is 427 g/mol. The summed E-state index contributed by atoms with van der Waals surface area (Å²) in [5, 5.41) is 6.70. The number of ether oxygens (including phenoxy) is 1. The molecule has 0 atom stereocenters. The van der Waals surface area contributed by atoms with E-state index in [1.165, 1.54) is 32.1 Å². The van der Waals surface area contributed by atoms with Crippen molar-refractivity contribution in [1.29, 1.82) is 0 Å². The van der Waals surface area contributed by atoms with Crippen LogP contribution in [0.3, 0.4) is 0 Å². The zero-order chi connectivity index (χ0) is 16.5. The highest BCUT2D eigenvalue weighted by atomic mass is 127. The van der Waals surface area contributed by atoms with E-state index in [0.29, 0.717) is 18.3 Å². The van der Waals surface area contributed by atoms with Gasteiger partial charge in [0, 0.05) is 19.6 Å². The molecule has 0 unspecified atom stereocenters. The van der Waals surface area contributed by atoms with Crippen molar-refractivity contribution < 1.29 is 13.5 Å². The van der Waals surface area contributed by atoms with E-state index in [1.54, 1.807) is 25.2 Å². The van der Waals surface area contributed by atoms with Gasteiger partial charge >= 0.3 is 0 Å². The lowest BCUT2D eigenvalue weighted by atomic mass is 9.96. The first-order chi connectivity index (χ1) is 11.2. The standard InChI is InChI=1S/C17H25F2N3O.HI/c1-20-17(22-14-7-3-2-4-8-14)21-11-13-6-5-9-15(10-13)23-12-16(18)19;/h5-6,9-10,14,16H,2-4,7-8,11-12H2,1H3,(H2,20,21,22);1H. The fourth-order valence-electron chi connectivity index (χ4n) is 2.73. The van der Waals surface area contributed by atoms with Crippen LogP contribution in [0.15, 0.2) is 29.3 Å². The van der Waals surface area contributed by atoms with Crippen LogP contribution < -0.4 is 15.4 Å². The number of guanidine groups is 1. The Balaban J connectivity index is 0.00000288. The Kier molecular flexibility index (Phi) is 9.97. The predicted molar refractivity (Wildman–Crippen MR) is 104 cm³/mol. The first-order valence-corrected chi connectivity index (χ1v) is 8.14. The predicted octanol–water partition coefficient (Wildman–Crippen LogP) is 3.95. The van der Waals surface area contributed by atoms with Gasteiger partial charge in [-0.1, -0.05) is 31.4 Å². The van der Waals surface area contributed by atoms with E-state index in [1.807, 2.05) is 6.07 Å². The molecule has 24 heavy (non-hydrogen) atoms. The van der Waals surface area contributed by atoms with E-state index in [0.717, 1.165) is 11.5 Å². The number of nitrogens with one attached hydrogen (secondary N) is 2. The van der Waals surface area contributed by atoms with Crippen molar-refractivity contribution in [1.82, 2.24) is 10.6 Å². The van der Waals surface area contributed by atoms with Crippen molar-refractivity contribution >= 4 is 29.9 Å². The average Bonchev–Trinajstić information content (AvgIpc) is 2.58. The molecule has 136 valence electrons. The number of nitrogens with zero attached hydrogens (tertiary/aromatic N) is 1. The maximum atomic E-state index is 12.2. The van der Waals surface area contributed by atoms with Crippen LogP contribution in [0, 0.1) is 0 Å². The van der Waals surface area contributed by atoms with Crippen molar-refractivity contribution in [2.24, 2.45) is 4.99 Å². The van der Waals surface area contributed by atoms with Gasteiger partial charge in [0.1, 0.15) is 12.4 Å². The molecule has 0 aromatic heterocycles. The number of benzene rings is 1. The molecule has 0 aliphatic heterocycles. The van der Waals surface area contributed by atoms with Crippen LogP contribution in [0.4, 0.5) is 8.78 Å². The fraction of sp³-hybridized carbons (Fsp3) is 0.588. The summed E-state index contributed by atoms with van der Waals surface area (Å²) in [4.78, 5) is 4.24. The first kappa shape index (κ1) is 20.9. The smallest absolute Gasteiger partial charge is 0.272 e. The Bertz CT molecular complexity index is 508. The molecule has 2 N–H and O–H groups in total. The van der Waals surface area contributed by atoms with Gasteiger partial charge in [-0.2, -0.15) is 0 Å². The fourth-order valence-corrected chi connectivity index (χ4v) is 2.73. The Labute approximate surface area is 159 Å². The molecule has 1 saturated carbocycles. The van der Waals surface area contributed by atoms with E-state index in [9.17, 15) is 8.78 Å². The molecule has 0 bridgehead atoms. The second-order valence-electron chi connectivity index (χ2n) is 5.75. The van der Waals surface area contributed by atoms with Gasteiger partial charge in [0.05, 0.1) is 0 Å². The molecule has 1 aromatic rings. The van der Waals surface area contributed by atoms with Crippen LogP contribution in [0.25, 0.3) is 0 Å². The molecule has 4 nitrogen and oxygen atoms in total. The minimum Gasteiger partial charge on any atom is -0.488 e. The van der Waals surface area contributed by atoms with Crippen molar-refractivity contribution in [2.75, 3.05) is 13.7 Å². The molecule has 0 heterocycles. The molecule has 1 fully saturated rings. The minimum atomic E-state index is -2.46. The van der Waals surface area contributed by atoms with Crippen LogP contribution in [-0.4, -0.2) is 32.1 Å². The minimum absolute atomic E-state index is 0. The van der Waals surface area contributed by atoms with Gasteiger partial charge in [-0.05, 0) is 30.5 Å². The van der Waals surface area contributed by atoms with Crippen molar-refractivity contribution in [3.05, 3.63) is 29.8 Å². The summed E-state index contributed by atoms with van der Waals surface area (Å²) in [6.07, 6.45) is 3.73. The van der Waals surface area contributed by atoms with E-state index < -0.39 is 13.0 Å². The van der Waals surface area contributed by atoms with Gasteiger partial charge in [-0.25, -0.2) is 8.78 Å². The van der Waals surface area contributed by atoms with Crippen LogP contribution in [-0.2, 0) is 6.54 Å². The summed E-state index contributed by atoms with van der Waals surface area (Å²) in [5.41, 5.74) is 0.961. The quantitative estimate of drug-likeness (QED) is 0.390. The van der Waals surface area contributed by atoms with Crippen molar-refractivity contribution in [3.63, 3.8) is 0 Å². The number of alkyl halides is 2. The molecule has 0 amide bonds. The third kappa shape index (κ3) is 7.63. The van der Waals surface area contributed by atoms with E-state index >= 15 is 0 Å². The van der Waals surface area contributed by atoms with Gasteiger partial charge in [0.15, 0.2) is 5.96 Å². The van der Waals surface area contributed by atoms with E-state index in [-0.39, 0.29) is 24.0 Å². The first-order valence-electron chi connectivity index (χ1n) is 8.14. The van der Waals surface area contributed by atoms with E-state index in [4.69, 9.17) is 4.74 Å². The maximum absolute atomic E-state index is 12.2. The lowest BCUT2D eigenvalue weighted by Crippen LogP contribution is -2.43. The molecule has 0 radical (unpaired) electrons. The van der Waals surface area contributed by atoms with Gasteiger partial charge in [-0.3, -0.25) is 4.99 Å². The highest BCUT2D eigenvalue weighted by Crippen LogP contribution is 2.17. The lowest BCUT2D eigenvalue weighted by molar-refractivity contribution is 0.0818. The molecule has 0 spiro atoms. The van der Waals surface area contributed by atoms with Crippen LogP contribution in [0.2, 0.25) is 0 Å². The number of hydrogen-bond donors (Lipinski definition) is 2. The van der Waals surface area contributed by atoms with Crippen LogP contribution >= 0.6 is 24.0 Å². The summed E-state index contributed by atoms with van der Waals surface area (Å²) in [7, 11) is 1.75. The molecule has 1 aliphatic rings. The van der Waals surface area contributed by atoms with E-state index in [2.05, 4.69) is 15.6 Å². The van der Waals surface area contributed by atoms with Crippen molar-refractivity contribution in [2.45, 2.75) is 51.1 Å². The summed E-state index contributed by atoms with van der Waals surface area (Å²) in [6.45, 7) is -0.0138. The molecule has 2 rings (SSSR count). The SMILES string of the molecule is CN=C(NCc1cccc(OCC(F)F)c1)NC1CCCCC1.I. The number of aliphatic imine (C=N–C) groups is 1. The summed E-state index contributed by atoms with van der Waals surface area (Å²) in [5.74, 6) is 1.23. The average molecular weight is 453 g/mol. The Morgan fingerprint density at radius 3 is 2.71 bits per heavy atom. The molecular formula is C17H26F2IN3O. The van der Waals surface area contributed by atoms with Crippen LogP contribution in [0.5, 0.6) is 5.75 Å². The highest BCUT2D eigenvalue weighted by Gasteiger charge is 2.14. The zero-order valence-electron chi connectivity index (χ0n) is 13.9. The number of halogens is 3. The van der Waals surface area contributed by atoms with Crippen molar-refractivity contribution in [3.8, 4) is 5.75 Å². The topological polar surface area (TPSA) is 45.7 Å². The summed E-state index contributed by atoms with van der Waals surface area (Å²) < 4.78 is 29.4.